The first-order valence-electron chi connectivity index (χ1n) is 7.10. The van der Waals surface area contributed by atoms with Crippen LogP contribution in [0.15, 0.2) is 17.3 Å². The molecule has 0 aliphatic carbocycles. The van der Waals surface area contributed by atoms with Crippen molar-refractivity contribution in [2.24, 2.45) is 5.18 Å². The molecule has 2 aliphatic heterocycles. The Morgan fingerprint density at radius 2 is 2.05 bits per heavy atom. The molecule has 0 bridgehead atoms. The van der Waals surface area contributed by atoms with Gasteiger partial charge in [-0.3, -0.25) is 0 Å². The number of rotatable bonds is 2. The molecule has 0 aromatic heterocycles. The first-order chi connectivity index (χ1) is 9.50. The van der Waals surface area contributed by atoms with E-state index in [2.05, 4.69) is 5.18 Å². The van der Waals surface area contributed by atoms with Crippen molar-refractivity contribution in [2.75, 3.05) is 18.0 Å². The van der Waals surface area contributed by atoms with Crippen LogP contribution in [0.3, 0.4) is 0 Å². The Hall–Kier alpha value is -1.65. The maximum atomic E-state index is 14.3. The zero-order chi connectivity index (χ0) is 14.3. The summed E-state index contributed by atoms with van der Waals surface area (Å²) >= 11 is 0. The molecule has 0 spiro atoms. The van der Waals surface area contributed by atoms with Gasteiger partial charge in [0.05, 0.1) is 5.69 Å². The molecule has 1 saturated heterocycles. The van der Waals surface area contributed by atoms with Crippen LogP contribution in [0.5, 0.6) is 5.75 Å². The van der Waals surface area contributed by atoms with Gasteiger partial charge in [0, 0.05) is 31.1 Å². The van der Waals surface area contributed by atoms with E-state index in [9.17, 15) is 9.30 Å². The fourth-order valence-corrected chi connectivity index (χ4v) is 3.12. The number of anilines is 1. The maximum Gasteiger partial charge on any atom is 0.147 e. The standard InChI is InChI=1S/C15H19FN2O2/c1-15(2)9-12(17-19)10-7-11(16)13(8-14(10)20-15)18-5-3-4-6-18/h7-8,12H,3-6,9H2,1-2H3. The summed E-state index contributed by atoms with van der Waals surface area (Å²) in [5.74, 6) is 0.303. The van der Waals surface area contributed by atoms with Gasteiger partial charge in [-0.25, -0.2) is 4.39 Å². The molecule has 2 aliphatic rings. The summed E-state index contributed by atoms with van der Waals surface area (Å²) in [6.45, 7) is 5.59. The summed E-state index contributed by atoms with van der Waals surface area (Å²) in [7, 11) is 0. The molecule has 3 rings (SSSR count). The van der Waals surface area contributed by atoms with Crippen molar-refractivity contribution in [3.8, 4) is 5.75 Å². The van der Waals surface area contributed by atoms with Crippen LogP contribution in [0, 0.1) is 10.7 Å². The molecule has 0 saturated carbocycles. The molecule has 108 valence electrons. The van der Waals surface area contributed by atoms with Crippen molar-refractivity contribution in [3.63, 3.8) is 0 Å². The highest BCUT2D eigenvalue weighted by Gasteiger charge is 2.36. The fourth-order valence-electron chi connectivity index (χ4n) is 3.12. The van der Waals surface area contributed by atoms with Gasteiger partial charge in [-0.1, -0.05) is 5.18 Å². The zero-order valence-corrected chi connectivity index (χ0v) is 11.9. The Labute approximate surface area is 117 Å². The molecular weight excluding hydrogens is 259 g/mol. The Morgan fingerprint density at radius 1 is 1.35 bits per heavy atom. The number of halogens is 1. The average Bonchev–Trinajstić information content (AvgIpc) is 2.91. The molecule has 2 heterocycles. The van der Waals surface area contributed by atoms with Crippen LogP contribution in [-0.4, -0.2) is 18.7 Å². The summed E-state index contributed by atoms with van der Waals surface area (Å²) in [4.78, 5) is 13.1. The summed E-state index contributed by atoms with van der Waals surface area (Å²) in [5.41, 5.74) is 0.689. The highest BCUT2D eigenvalue weighted by Crippen LogP contribution is 2.44. The van der Waals surface area contributed by atoms with Crippen LogP contribution in [-0.2, 0) is 0 Å². The van der Waals surface area contributed by atoms with Gasteiger partial charge in [-0.2, -0.15) is 4.91 Å². The largest absolute Gasteiger partial charge is 0.487 e. The van der Waals surface area contributed by atoms with Crippen molar-refractivity contribution in [1.82, 2.24) is 0 Å². The number of hydrogen-bond acceptors (Lipinski definition) is 4. The maximum absolute atomic E-state index is 14.3. The van der Waals surface area contributed by atoms with E-state index in [0.29, 0.717) is 23.4 Å². The quantitative estimate of drug-likeness (QED) is 0.773. The van der Waals surface area contributed by atoms with E-state index in [1.54, 1.807) is 6.07 Å². The Morgan fingerprint density at radius 3 is 2.70 bits per heavy atom. The minimum Gasteiger partial charge on any atom is -0.487 e. The Bertz CT molecular complexity index is 539. The number of nitrogens with zero attached hydrogens (tertiary/aromatic N) is 2. The van der Waals surface area contributed by atoms with E-state index in [4.69, 9.17) is 4.74 Å². The number of ether oxygens (including phenoxy) is 1. The third kappa shape index (κ3) is 2.25. The molecule has 1 unspecified atom stereocenters. The predicted octanol–water partition coefficient (Wildman–Crippen LogP) is 3.79. The lowest BCUT2D eigenvalue weighted by atomic mass is 9.90. The first-order valence-corrected chi connectivity index (χ1v) is 7.10. The van der Waals surface area contributed by atoms with E-state index < -0.39 is 11.6 Å². The van der Waals surface area contributed by atoms with Gasteiger partial charge >= 0.3 is 0 Å². The monoisotopic (exact) mass is 278 g/mol. The first kappa shape index (κ1) is 13.3. The van der Waals surface area contributed by atoms with E-state index in [1.807, 2.05) is 18.7 Å². The molecule has 1 atom stereocenters. The van der Waals surface area contributed by atoms with Gasteiger partial charge in [0.15, 0.2) is 0 Å². The number of nitroso groups, excluding NO2 is 1. The van der Waals surface area contributed by atoms with Crippen LogP contribution >= 0.6 is 0 Å². The normalized spacial score (nSPS) is 24.1. The summed E-state index contributed by atoms with van der Waals surface area (Å²) in [5, 5.41) is 3.14. The van der Waals surface area contributed by atoms with Crippen LogP contribution in [0.25, 0.3) is 0 Å². The smallest absolute Gasteiger partial charge is 0.147 e. The molecule has 20 heavy (non-hydrogen) atoms. The number of fused-ring (bicyclic) bond motifs is 1. The Kier molecular flexibility index (Phi) is 3.15. The van der Waals surface area contributed by atoms with Gasteiger partial charge in [-0.15, -0.1) is 0 Å². The van der Waals surface area contributed by atoms with Crippen molar-refractivity contribution < 1.29 is 9.13 Å². The van der Waals surface area contributed by atoms with Gasteiger partial charge in [0.2, 0.25) is 0 Å². The molecule has 5 heteroatoms. The van der Waals surface area contributed by atoms with Crippen molar-refractivity contribution >= 4 is 5.69 Å². The molecule has 1 aromatic carbocycles. The summed E-state index contributed by atoms with van der Waals surface area (Å²) in [6, 6.07) is 2.62. The van der Waals surface area contributed by atoms with Crippen molar-refractivity contribution in [2.45, 2.75) is 44.8 Å². The predicted molar refractivity (Wildman–Crippen MR) is 75.7 cm³/mol. The topological polar surface area (TPSA) is 41.9 Å². The van der Waals surface area contributed by atoms with Crippen LogP contribution < -0.4 is 9.64 Å². The molecule has 4 nitrogen and oxygen atoms in total. The Balaban J connectivity index is 2.04. The second-order valence-electron chi connectivity index (χ2n) is 6.22. The van der Waals surface area contributed by atoms with Crippen LogP contribution in [0.2, 0.25) is 0 Å². The molecule has 0 radical (unpaired) electrons. The van der Waals surface area contributed by atoms with E-state index in [-0.39, 0.29) is 5.82 Å². The molecular formula is C15H19FN2O2. The average molecular weight is 278 g/mol. The third-order valence-electron chi connectivity index (χ3n) is 4.08. The molecule has 1 fully saturated rings. The highest BCUT2D eigenvalue weighted by molar-refractivity contribution is 5.57. The van der Waals surface area contributed by atoms with Gasteiger partial charge in [0.1, 0.15) is 23.2 Å². The lowest BCUT2D eigenvalue weighted by Crippen LogP contribution is -2.34. The van der Waals surface area contributed by atoms with E-state index >= 15 is 0 Å². The lowest BCUT2D eigenvalue weighted by molar-refractivity contribution is 0.0728. The highest BCUT2D eigenvalue weighted by atomic mass is 19.1. The second kappa shape index (κ2) is 4.72. The number of hydrogen-bond donors (Lipinski definition) is 0. The van der Waals surface area contributed by atoms with Crippen LogP contribution in [0.4, 0.5) is 10.1 Å². The zero-order valence-electron chi connectivity index (χ0n) is 11.9. The lowest BCUT2D eigenvalue weighted by Gasteiger charge is -2.35. The molecule has 0 N–H and O–H groups in total. The van der Waals surface area contributed by atoms with E-state index in [1.165, 1.54) is 6.07 Å². The van der Waals surface area contributed by atoms with Gasteiger partial charge in [0.25, 0.3) is 0 Å². The van der Waals surface area contributed by atoms with Crippen molar-refractivity contribution in [3.05, 3.63) is 28.4 Å². The van der Waals surface area contributed by atoms with E-state index in [0.717, 1.165) is 25.9 Å². The number of benzene rings is 1. The summed E-state index contributed by atoms with van der Waals surface area (Å²) < 4.78 is 20.2. The third-order valence-corrected chi connectivity index (χ3v) is 4.08. The fraction of sp³-hybridized carbons (Fsp3) is 0.600. The van der Waals surface area contributed by atoms with Crippen LogP contribution in [0.1, 0.15) is 44.7 Å². The van der Waals surface area contributed by atoms with Gasteiger partial charge in [-0.05, 0) is 32.8 Å². The van der Waals surface area contributed by atoms with Crippen molar-refractivity contribution in [1.29, 1.82) is 0 Å². The molecule has 0 amide bonds. The minimum atomic E-state index is -0.532. The van der Waals surface area contributed by atoms with Gasteiger partial charge < -0.3 is 9.64 Å². The SMILES string of the molecule is CC1(C)CC(N=O)c2cc(F)c(N3CCCC3)cc2O1. The molecule has 1 aromatic rings. The minimum absolute atomic E-state index is 0.289. The summed E-state index contributed by atoms with van der Waals surface area (Å²) in [6.07, 6.45) is 2.65. The second-order valence-corrected chi connectivity index (χ2v) is 6.22.